The summed E-state index contributed by atoms with van der Waals surface area (Å²) in [4.78, 5) is 22.2. The Morgan fingerprint density at radius 1 is 1.48 bits per heavy atom. The first-order valence-corrected chi connectivity index (χ1v) is 6.41. The SMILES string of the molecule is CCOC(=O)C(F)[C@H](N)c1c(Br)ccc(C(=O)O)c1O.Cl. The van der Waals surface area contributed by atoms with E-state index in [2.05, 4.69) is 20.7 Å². The standard InChI is InChI=1S/C12H13BrFNO5.ClH/c1-2-20-12(19)8(14)9(15)7-6(13)4-3-5(10(7)16)11(17)18;/h3-4,8-9,16H,2,15H2,1H3,(H,17,18);1H/t8?,9-;/m1./s1. The van der Waals surface area contributed by atoms with Gasteiger partial charge in [-0.15, -0.1) is 12.4 Å². The zero-order valence-corrected chi connectivity index (χ0v) is 13.3. The van der Waals surface area contributed by atoms with Crippen LogP contribution in [0.1, 0.15) is 28.9 Å². The molecule has 118 valence electrons. The molecule has 0 radical (unpaired) electrons. The van der Waals surface area contributed by atoms with Crippen molar-refractivity contribution in [2.24, 2.45) is 5.73 Å². The van der Waals surface area contributed by atoms with E-state index in [4.69, 9.17) is 10.8 Å². The first-order valence-electron chi connectivity index (χ1n) is 5.62. The van der Waals surface area contributed by atoms with E-state index in [0.717, 1.165) is 6.07 Å². The molecular weight excluding hydrogens is 372 g/mol. The second-order valence-electron chi connectivity index (χ2n) is 3.84. The van der Waals surface area contributed by atoms with Crippen molar-refractivity contribution in [3.8, 4) is 5.75 Å². The molecule has 1 aromatic carbocycles. The summed E-state index contributed by atoms with van der Waals surface area (Å²) in [5, 5.41) is 18.8. The first-order chi connectivity index (χ1) is 9.31. The highest BCUT2D eigenvalue weighted by Gasteiger charge is 2.32. The zero-order valence-electron chi connectivity index (χ0n) is 10.9. The molecule has 1 aromatic rings. The van der Waals surface area contributed by atoms with E-state index in [0.29, 0.717) is 0 Å². The van der Waals surface area contributed by atoms with E-state index in [9.17, 15) is 19.1 Å². The van der Waals surface area contributed by atoms with Crippen LogP contribution < -0.4 is 5.73 Å². The van der Waals surface area contributed by atoms with Gasteiger partial charge in [-0.1, -0.05) is 15.9 Å². The molecule has 0 amide bonds. The largest absolute Gasteiger partial charge is 0.507 e. The smallest absolute Gasteiger partial charge is 0.342 e. The number of carbonyl (C=O) groups excluding carboxylic acids is 1. The van der Waals surface area contributed by atoms with E-state index in [-0.39, 0.29) is 29.1 Å². The van der Waals surface area contributed by atoms with Crippen molar-refractivity contribution in [2.45, 2.75) is 19.1 Å². The molecule has 6 nitrogen and oxygen atoms in total. The summed E-state index contributed by atoms with van der Waals surface area (Å²) in [7, 11) is 0. The first kappa shape index (κ1) is 19.6. The summed E-state index contributed by atoms with van der Waals surface area (Å²) < 4.78 is 18.6. The van der Waals surface area contributed by atoms with Crippen LogP contribution in [0.25, 0.3) is 0 Å². The fourth-order valence-corrected chi connectivity index (χ4v) is 2.17. The predicted molar refractivity (Wildman–Crippen MR) is 78.5 cm³/mol. The number of alkyl halides is 1. The molecule has 1 unspecified atom stereocenters. The molecule has 0 aliphatic carbocycles. The minimum Gasteiger partial charge on any atom is -0.507 e. The van der Waals surface area contributed by atoms with Gasteiger partial charge < -0.3 is 20.7 Å². The summed E-state index contributed by atoms with van der Waals surface area (Å²) in [6, 6.07) is 0.883. The van der Waals surface area contributed by atoms with Crippen LogP contribution in [0.4, 0.5) is 4.39 Å². The van der Waals surface area contributed by atoms with E-state index in [1.54, 1.807) is 0 Å². The molecular formula is C12H14BrClFNO5. The molecule has 0 aliphatic heterocycles. The Kier molecular flexibility index (Phi) is 7.62. The lowest BCUT2D eigenvalue weighted by molar-refractivity contribution is -0.149. The molecule has 0 bridgehead atoms. The zero-order chi connectivity index (χ0) is 15.4. The lowest BCUT2D eigenvalue weighted by Gasteiger charge is -2.19. The van der Waals surface area contributed by atoms with E-state index in [1.807, 2.05) is 0 Å². The number of nitrogens with two attached hydrogens (primary N) is 1. The Balaban J connectivity index is 0.00000400. The number of phenols is 1. The van der Waals surface area contributed by atoms with Gasteiger partial charge in [0.25, 0.3) is 0 Å². The van der Waals surface area contributed by atoms with Crippen LogP contribution in [0, 0.1) is 0 Å². The van der Waals surface area contributed by atoms with Gasteiger partial charge in [0.05, 0.1) is 12.6 Å². The molecule has 1 rings (SSSR count). The fourth-order valence-electron chi connectivity index (χ4n) is 1.59. The van der Waals surface area contributed by atoms with Crippen LogP contribution in [0.2, 0.25) is 0 Å². The van der Waals surface area contributed by atoms with Gasteiger partial charge in [0, 0.05) is 10.0 Å². The number of rotatable bonds is 5. The second-order valence-corrected chi connectivity index (χ2v) is 4.70. The third-order valence-electron chi connectivity index (χ3n) is 2.55. The van der Waals surface area contributed by atoms with Crippen LogP contribution in [0.15, 0.2) is 16.6 Å². The van der Waals surface area contributed by atoms with Crippen molar-refractivity contribution in [2.75, 3.05) is 6.61 Å². The molecule has 0 saturated carbocycles. The lowest BCUT2D eigenvalue weighted by atomic mass is 9.99. The Morgan fingerprint density at radius 3 is 2.52 bits per heavy atom. The van der Waals surface area contributed by atoms with E-state index < -0.39 is 35.5 Å². The maximum absolute atomic E-state index is 13.9. The number of aromatic carboxylic acids is 1. The molecule has 21 heavy (non-hydrogen) atoms. The number of carboxylic acid groups (broad SMARTS) is 1. The molecule has 0 fully saturated rings. The van der Waals surface area contributed by atoms with Crippen LogP contribution in [-0.2, 0) is 9.53 Å². The maximum Gasteiger partial charge on any atom is 0.342 e. The van der Waals surface area contributed by atoms with Gasteiger partial charge in [0.1, 0.15) is 11.3 Å². The van der Waals surface area contributed by atoms with Gasteiger partial charge >= 0.3 is 11.9 Å². The molecule has 4 N–H and O–H groups in total. The van der Waals surface area contributed by atoms with Crippen molar-refractivity contribution < 1.29 is 28.9 Å². The normalized spacial score (nSPS) is 13.0. The van der Waals surface area contributed by atoms with Crippen LogP contribution in [0.5, 0.6) is 5.75 Å². The molecule has 9 heteroatoms. The number of esters is 1. The number of carbonyl (C=O) groups is 2. The van der Waals surface area contributed by atoms with Gasteiger partial charge in [0.15, 0.2) is 0 Å². The molecule has 0 saturated heterocycles. The van der Waals surface area contributed by atoms with Gasteiger partial charge in [-0.3, -0.25) is 0 Å². The monoisotopic (exact) mass is 385 g/mol. The van der Waals surface area contributed by atoms with Crippen molar-refractivity contribution in [1.29, 1.82) is 0 Å². The molecule has 0 heterocycles. The molecule has 2 atom stereocenters. The average Bonchev–Trinajstić information content (AvgIpc) is 2.37. The minimum atomic E-state index is -2.22. The number of ether oxygens (including phenoxy) is 1. The quantitative estimate of drug-likeness (QED) is 0.669. The Morgan fingerprint density at radius 2 is 2.05 bits per heavy atom. The van der Waals surface area contributed by atoms with Crippen molar-refractivity contribution >= 4 is 40.3 Å². The molecule has 0 spiro atoms. The van der Waals surface area contributed by atoms with Crippen molar-refractivity contribution in [3.05, 3.63) is 27.7 Å². The third-order valence-corrected chi connectivity index (χ3v) is 3.25. The van der Waals surface area contributed by atoms with Gasteiger partial charge in [0.2, 0.25) is 6.17 Å². The van der Waals surface area contributed by atoms with Crippen LogP contribution >= 0.6 is 28.3 Å². The summed E-state index contributed by atoms with van der Waals surface area (Å²) in [6.45, 7) is 1.49. The Bertz CT molecular complexity index is 543. The van der Waals surface area contributed by atoms with Gasteiger partial charge in [-0.25, -0.2) is 14.0 Å². The Hall–Kier alpha value is -1.38. The van der Waals surface area contributed by atoms with E-state index in [1.165, 1.54) is 13.0 Å². The summed E-state index contributed by atoms with van der Waals surface area (Å²) >= 11 is 3.04. The highest BCUT2D eigenvalue weighted by Crippen LogP contribution is 2.36. The van der Waals surface area contributed by atoms with Crippen LogP contribution in [-0.4, -0.2) is 34.9 Å². The van der Waals surface area contributed by atoms with Crippen LogP contribution in [0.3, 0.4) is 0 Å². The predicted octanol–water partition coefficient (Wildman–Crippen LogP) is 2.18. The number of benzene rings is 1. The van der Waals surface area contributed by atoms with E-state index >= 15 is 0 Å². The second kappa shape index (κ2) is 8.16. The lowest BCUT2D eigenvalue weighted by Crippen LogP contribution is -2.32. The number of hydrogen-bond donors (Lipinski definition) is 3. The number of halogens is 3. The average molecular weight is 387 g/mol. The topological polar surface area (TPSA) is 110 Å². The molecule has 0 aliphatic rings. The number of carboxylic acids is 1. The molecule has 0 aromatic heterocycles. The Labute approximate surface area is 134 Å². The van der Waals surface area contributed by atoms with Crippen molar-refractivity contribution in [3.63, 3.8) is 0 Å². The third kappa shape index (κ3) is 4.29. The minimum absolute atomic E-state index is 0. The number of hydrogen-bond acceptors (Lipinski definition) is 5. The van der Waals surface area contributed by atoms with Gasteiger partial charge in [-0.2, -0.15) is 0 Å². The van der Waals surface area contributed by atoms with Crippen molar-refractivity contribution in [1.82, 2.24) is 0 Å². The highest BCUT2D eigenvalue weighted by atomic mass is 79.9. The number of aromatic hydroxyl groups is 1. The summed E-state index contributed by atoms with van der Waals surface area (Å²) in [6.07, 6.45) is -2.22. The summed E-state index contributed by atoms with van der Waals surface area (Å²) in [5.41, 5.74) is 4.94. The maximum atomic E-state index is 13.9. The summed E-state index contributed by atoms with van der Waals surface area (Å²) in [5.74, 6) is -3.26. The fraction of sp³-hybridized carbons (Fsp3) is 0.333. The highest BCUT2D eigenvalue weighted by molar-refractivity contribution is 9.10. The van der Waals surface area contributed by atoms with Gasteiger partial charge in [-0.05, 0) is 19.1 Å².